The van der Waals surface area contributed by atoms with Crippen molar-refractivity contribution in [3.8, 4) is 0 Å². The van der Waals surface area contributed by atoms with Gasteiger partial charge in [-0.15, -0.1) is 12.4 Å². The van der Waals surface area contributed by atoms with Gasteiger partial charge in [0.1, 0.15) is 11.5 Å². The largest absolute Gasteiger partial charge is 0.433 e. The fourth-order valence-electron chi connectivity index (χ4n) is 3.15. The summed E-state index contributed by atoms with van der Waals surface area (Å²) in [4.78, 5) is 17.2. The molecule has 0 aliphatic carbocycles. The molecule has 1 aromatic heterocycles. The topological polar surface area (TPSA) is 45.2 Å². The van der Waals surface area contributed by atoms with Crippen molar-refractivity contribution in [2.75, 3.05) is 24.5 Å². The van der Waals surface area contributed by atoms with Crippen molar-refractivity contribution in [3.05, 3.63) is 23.9 Å². The number of alkyl halides is 3. The van der Waals surface area contributed by atoms with E-state index in [1.807, 2.05) is 0 Å². The van der Waals surface area contributed by atoms with Crippen LogP contribution in [0.2, 0.25) is 0 Å². The van der Waals surface area contributed by atoms with E-state index >= 15 is 0 Å². The van der Waals surface area contributed by atoms with Crippen molar-refractivity contribution in [2.45, 2.75) is 25.4 Å². The van der Waals surface area contributed by atoms with Gasteiger partial charge in [-0.1, -0.05) is 6.07 Å². The van der Waals surface area contributed by atoms with Gasteiger partial charge in [0.05, 0.1) is 0 Å². The molecule has 2 aliphatic heterocycles. The first-order valence-electron chi connectivity index (χ1n) is 6.95. The highest BCUT2D eigenvalue weighted by molar-refractivity contribution is 5.95. The number of carbonyl (C=O) groups is 1. The molecular formula is C14H17ClF3N3O. The predicted molar refractivity (Wildman–Crippen MR) is 78.0 cm³/mol. The second-order valence-electron chi connectivity index (χ2n) is 5.82. The van der Waals surface area contributed by atoms with E-state index < -0.39 is 11.9 Å². The quantitative estimate of drug-likeness (QED) is 0.858. The summed E-state index contributed by atoms with van der Waals surface area (Å²) in [7, 11) is 0. The molecule has 2 saturated heterocycles. The molecule has 8 heteroatoms. The number of aromatic nitrogens is 1. The first-order chi connectivity index (χ1) is 9.90. The second kappa shape index (κ2) is 6.04. The highest BCUT2D eigenvalue weighted by atomic mass is 35.5. The minimum atomic E-state index is -4.50. The number of nitrogens with one attached hydrogen (secondary N) is 1. The summed E-state index contributed by atoms with van der Waals surface area (Å²) in [6.07, 6.45) is -2.22. The number of halogens is 4. The zero-order valence-electron chi connectivity index (χ0n) is 11.8. The van der Waals surface area contributed by atoms with Crippen molar-refractivity contribution in [3.63, 3.8) is 0 Å². The molecule has 3 rings (SSSR count). The summed E-state index contributed by atoms with van der Waals surface area (Å²) in [5.41, 5.74) is -1.12. The smallest absolute Gasteiger partial charge is 0.316 e. The minimum absolute atomic E-state index is 0. The van der Waals surface area contributed by atoms with Gasteiger partial charge in [-0.25, -0.2) is 4.98 Å². The van der Waals surface area contributed by atoms with Crippen molar-refractivity contribution in [1.82, 2.24) is 10.3 Å². The minimum Gasteiger partial charge on any atom is -0.316 e. The van der Waals surface area contributed by atoms with Crippen molar-refractivity contribution in [1.29, 1.82) is 0 Å². The Labute approximate surface area is 132 Å². The average Bonchev–Trinajstić information content (AvgIpc) is 2.75. The van der Waals surface area contributed by atoms with Crippen LogP contribution in [0.15, 0.2) is 18.2 Å². The number of hydrogen-bond donors (Lipinski definition) is 1. The number of anilines is 1. The Hall–Kier alpha value is -1.34. The van der Waals surface area contributed by atoms with Gasteiger partial charge in [0.25, 0.3) is 0 Å². The lowest BCUT2D eigenvalue weighted by Crippen LogP contribution is -2.42. The highest BCUT2D eigenvalue weighted by Gasteiger charge is 2.45. The number of hydrogen-bond acceptors (Lipinski definition) is 3. The number of piperidine rings is 1. The molecule has 1 amide bonds. The lowest BCUT2D eigenvalue weighted by Gasteiger charge is -2.33. The summed E-state index contributed by atoms with van der Waals surface area (Å²) in [5, 5.41) is 3.27. The molecule has 0 radical (unpaired) electrons. The molecule has 3 heterocycles. The Bertz CT molecular complexity index is 559. The Morgan fingerprint density at radius 2 is 2.09 bits per heavy atom. The third kappa shape index (κ3) is 3.20. The standard InChI is InChI=1S/C14H16F3N3O.ClH/c15-14(16,17)10-3-1-4-11(19-10)20-9-13(7-12(20)21)5-2-6-18-8-13;/h1,3-4,18H,2,5-9H2;1H. The molecule has 2 aliphatic rings. The molecule has 1 atom stereocenters. The third-order valence-electron chi connectivity index (χ3n) is 4.18. The van der Waals surface area contributed by atoms with Crippen molar-refractivity contribution in [2.24, 2.45) is 5.41 Å². The molecular weight excluding hydrogens is 319 g/mol. The highest BCUT2D eigenvalue weighted by Crippen LogP contribution is 2.39. The maximum atomic E-state index is 12.7. The number of rotatable bonds is 1. The van der Waals surface area contributed by atoms with Crippen molar-refractivity contribution < 1.29 is 18.0 Å². The molecule has 2 fully saturated rings. The van der Waals surface area contributed by atoms with E-state index in [-0.39, 0.29) is 29.5 Å². The van der Waals surface area contributed by atoms with E-state index in [1.165, 1.54) is 17.0 Å². The van der Waals surface area contributed by atoms with Gasteiger partial charge in [-0.2, -0.15) is 13.2 Å². The lowest BCUT2D eigenvalue weighted by molar-refractivity contribution is -0.141. The summed E-state index contributed by atoms with van der Waals surface area (Å²) in [6, 6.07) is 3.67. The normalized spacial score (nSPS) is 25.4. The van der Waals surface area contributed by atoms with Crippen LogP contribution in [0.1, 0.15) is 25.0 Å². The van der Waals surface area contributed by atoms with Gasteiger partial charge in [0, 0.05) is 24.9 Å². The van der Waals surface area contributed by atoms with Gasteiger partial charge in [-0.3, -0.25) is 9.69 Å². The molecule has 122 valence electrons. The van der Waals surface area contributed by atoms with Crippen molar-refractivity contribution >= 4 is 24.1 Å². The molecule has 0 saturated carbocycles. The summed E-state index contributed by atoms with van der Waals surface area (Å²) >= 11 is 0. The zero-order chi connectivity index (χ0) is 15.1. The zero-order valence-corrected chi connectivity index (χ0v) is 12.6. The number of carbonyl (C=O) groups excluding carboxylic acids is 1. The second-order valence-corrected chi connectivity index (χ2v) is 5.82. The first kappa shape index (κ1) is 17.0. The molecule has 4 nitrogen and oxygen atoms in total. The van der Waals surface area contributed by atoms with Crippen LogP contribution in [-0.4, -0.2) is 30.5 Å². The Balaban J connectivity index is 0.00000176. The summed E-state index contributed by atoms with van der Waals surface area (Å²) in [6.45, 7) is 2.10. The molecule has 1 N–H and O–H groups in total. The lowest BCUT2D eigenvalue weighted by atomic mass is 9.80. The van der Waals surface area contributed by atoms with Crippen LogP contribution in [0, 0.1) is 5.41 Å². The molecule has 1 unspecified atom stereocenters. The van der Waals surface area contributed by atoms with Gasteiger partial charge in [0.2, 0.25) is 5.91 Å². The summed E-state index contributed by atoms with van der Waals surface area (Å²) in [5.74, 6) is -0.0530. The Kier molecular flexibility index (Phi) is 4.67. The van der Waals surface area contributed by atoms with E-state index in [0.29, 0.717) is 13.0 Å². The molecule has 0 aromatic carbocycles. The van der Waals surface area contributed by atoms with Crippen LogP contribution in [0.5, 0.6) is 0 Å². The van der Waals surface area contributed by atoms with Crippen LogP contribution in [0.3, 0.4) is 0 Å². The fraction of sp³-hybridized carbons (Fsp3) is 0.571. The molecule has 1 spiro atoms. The number of nitrogens with zero attached hydrogens (tertiary/aromatic N) is 2. The average molecular weight is 336 g/mol. The summed E-state index contributed by atoms with van der Waals surface area (Å²) < 4.78 is 38.2. The first-order valence-corrected chi connectivity index (χ1v) is 6.95. The molecule has 0 bridgehead atoms. The molecule has 22 heavy (non-hydrogen) atoms. The van der Waals surface area contributed by atoms with Crippen LogP contribution in [0.4, 0.5) is 19.0 Å². The van der Waals surface area contributed by atoms with E-state index in [0.717, 1.165) is 32.0 Å². The van der Waals surface area contributed by atoms with Gasteiger partial charge in [0.15, 0.2) is 0 Å². The van der Waals surface area contributed by atoms with E-state index in [2.05, 4.69) is 10.3 Å². The number of amides is 1. The maximum Gasteiger partial charge on any atom is 0.433 e. The van der Waals surface area contributed by atoms with Gasteiger partial charge >= 0.3 is 6.18 Å². The predicted octanol–water partition coefficient (Wildman–Crippen LogP) is 2.63. The van der Waals surface area contributed by atoms with E-state index in [1.54, 1.807) is 0 Å². The fourth-order valence-corrected chi connectivity index (χ4v) is 3.15. The SMILES string of the molecule is Cl.O=C1CC2(CCCNC2)CN1c1cccc(C(F)(F)F)n1. The Morgan fingerprint density at radius 3 is 2.73 bits per heavy atom. The van der Waals surface area contributed by atoms with Crippen LogP contribution >= 0.6 is 12.4 Å². The van der Waals surface area contributed by atoms with Crippen LogP contribution < -0.4 is 10.2 Å². The van der Waals surface area contributed by atoms with Crippen LogP contribution in [0.25, 0.3) is 0 Å². The molecule has 1 aromatic rings. The number of pyridine rings is 1. The Morgan fingerprint density at radius 1 is 1.32 bits per heavy atom. The monoisotopic (exact) mass is 335 g/mol. The van der Waals surface area contributed by atoms with E-state index in [4.69, 9.17) is 0 Å². The van der Waals surface area contributed by atoms with Gasteiger partial charge < -0.3 is 5.32 Å². The van der Waals surface area contributed by atoms with Gasteiger partial charge in [-0.05, 0) is 31.5 Å². The van der Waals surface area contributed by atoms with E-state index in [9.17, 15) is 18.0 Å². The maximum absolute atomic E-state index is 12.7. The van der Waals surface area contributed by atoms with Crippen LogP contribution in [-0.2, 0) is 11.0 Å². The third-order valence-corrected chi connectivity index (χ3v) is 4.18.